The Balaban J connectivity index is 1.51. The van der Waals surface area contributed by atoms with E-state index in [4.69, 9.17) is 7.80 Å². The first-order chi connectivity index (χ1) is 19.4. The van der Waals surface area contributed by atoms with Gasteiger partial charge < -0.3 is 0 Å². The number of anilines is 2. The molecule has 4 N–H and O–H groups in total. The average molecular weight is 661 g/mol. The molecular weight excluding hydrogens is 634 g/mol. The van der Waals surface area contributed by atoms with Gasteiger partial charge >= 0.3 is 241 Å². The molecule has 0 aliphatic carbocycles. The van der Waals surface area contributed by atoms with Gasteiger partial charge in [-0.25, -0.2) is 0 Å². The van der Waals surface area contributed by atoms with Crippen molar-refractivity contribution in [2.45, 2.75) is 25.2 Å². The van der Waals surface area contributed by atoms with Crippen molar-refractivity contribution >= 4 is 29.1 Å². The minimum atomic E-state index is -1.23. The Bertz CT molecular complexity index is 1490. The molecule has 1 atom stereocenters. The third-order valence-corrected chi connectivity index (χ3v) is 9.00. The van der Waals surface area contributed by atoms with E-state index in [9.17, 15) is 18.8 Å². The van der Waals surface area contributed by atoms with Crippen LogP contribution in [0.4, 0.5) is 15.8 Å². The standard InChI is InChI=1S/C27H27FIN6O5/c1-39-25-17(28)3-2-4-18(25)32-24-21-22-15(12-31-27(21)38)11-20(36)35-9-6-14(7-10-35)26(37)34-29-40-19-13-30-8-5-16(19)23(24)33-22/h2-5,8,13-15,32-33H,6-7,9-12H2,1H3,(H,31,38)(H,34,37)/q-1. The van der Waals surface area contributed by atoms with E-state index in [2.05, 4.69) is 24.1 Å². The second-order valence-corrected chi connectivity index (χ2v) is 11.3. The molecular formula is C27H27FIN6O5-. The van der Waals surface area contributed by atoms with Crippen LogP contribution in [-0.2, 0) is 9.59 Å². The fraction of sp³-hybridized carbons (Fsp3) is 0.333. The number of hydrogen-bond acceptors (Lipinski definition) is 7. The number of rotatable bonds is 3. The van der Waals surface area contributed by atoms with Gasteiger partial charge in [-0.1, -0.05) is 0 Å². The van der Waals surface area contributed by atoms with Gasteiger partial charge in [-0.2, -0.15) is 0 Å². The maximum absolute atomic E-state index is 14.6. The molecule has 1 fully saturated rings. The van der Waals surface area contributed by atoms with Crippen molar-refractivity contribution in [3.05, 3.63) is 53.7 Å². The van der Waals surface area contributed by atoms with Crippen LogP contribution in [0.2, 0.25) is 0 Å². The van der Waals surface area contributed by atoms with Crippen molar-refractivity contribution in [3.63, 3.8) is 0 Å². The number of carbonyl (C=O) groups is 3. The van der Waals surface area contributed by atoms with Gasteiger partial charge in [0.2, 0.25) is 0 Å². The van der Waals surface area contributed by atoms with Crippen LogP contribution in [0.5, 0.6) is 11.5 Å². The summed E-state index contributed by atoms with van der Waals surface area (Å²) in [6.07, 6.45) is 4.50. The number of amides is 3. The van der Waals surface area contributed by atoms with Crippen molar-refractivity contribution < 1.29 is 48.5 Å². The number of methoxy groups -OCH3 is 1. The number of benzene rings is 1. The Morgan fingerprint density at radius 2 is 2.00 bits per heavy atom. The fourth-order valence-corrected chi connectivity index (χ4v) is 6.83. The number of ether oxygens (including phenoxy) is 1. The fourth-order valence-electron chi connectivity index (χ4n) is 5.47. The molecule has 4 aliphatic heterocycles. The molecule has 6 heterocycles. The molecule has 0 saturated carbocycles. The van der Waals surface area contributed by atoms with E-state index >= 15 is 0 Å². The van der Waals surface area contributed by atoms with Gasteiger partial charge in [0.25, 0.3) is 0 Å². The Labute approximate surface area is 240 Å². The van der Waals surface area contributed by atoms with Gasteiger partial charge in [0.1, 0.15) is 0 Å². The quantitative estimate of drug-likeness (QED) is 0.227. The Morgan fingerprint density at radius 1 is 1.18 bits per heavy atom. The van der Waals surface area contributed by atoms with Gasteiger partial charge in [0.05, 0.1) is 0 Å². The number of hydrogen-bond donors (Lipinski definition) is 4. The predicted octanol–water partition coefficient (Wildman–Crippen LogP) is -0.149. The number of aromatic amines is 1. The van der Waals surface area contributed by atoms with Crippen molar-refractivity contribution in [2.75, 3.05) is 32.1 Å². The molecule has 0 radical (unpaired) electrons. The molecule has 1 unspecified atom stereocenters. The maximum atomic E-state index is 14.6. The number of H-pyrrole nitrogens is 1. The summed E-state index contributed by atoms with van der Waals surface area (Å²) in [5.74, 6) is -1.08. The molecule has 210 valence electrons. The first-order valence-corrected chi connectivity index (χ1v) is 14.9. The molecule has 11 nitrogen and oxygen atoms in total. The van der Waals surface area contributed by atoms with Crippen LogP contribution < -0.4 is 43.9 Å². The molecule has 40 heavy (non-hydrogen) atoms. The van der Waals surface area contributed by atoms with E-state index in [-0.39, 0.29) is 48.3 Å². The predicted molar refractivity (Wildman–Crippen MR) is 138 cm³/mol. The van der Waals surface area contributed by atoms with Crippen LogP contribution >= 0.6 is 0 Å². The number of aromatic nitrogens is 2. The topological polar surface area (TPSA) is 138 Å². The number of para-hydroxylation sites is 1. The average Bonchev–Trinajstić information content (AvgIpc) is 3.34. The van der Waals surface area contributed by atoms with E-state index in [1.165, 1.54) is 13.2 Å². The van der Waals surface area contributed by atoms with Crippen LogP contribution in [0.25, 0.3) is 11.3 Å². The van der Waals surface area contributed by atoms with Crippen LogP contribution in [0, 0.1) is 11.7 Å². The number of fused-ring (bicyclic) bond motifs is 6. The number of carbonyl (C=O) groups excluding carboxylic acids is 3. The first kappa shape index (κ1) is 26.3. The van der Waals surface area contributed by atoms with Crippen molar-refractivity contribution in [3.8, 4) is 22.8 Å². The van der Waals surface area contributed by atoms with E-state index in [1.807, 2.05) is 0 Å². The van der Waals surface area contributed by atoms with Crippen molar-refractivity contribution in [2.24, 2.45) is 5.92 Å². The zero-order valence-corrected chi connectivity index (χ0v) is 23.7. The summed E-state index contributed by atoms with van der Waals surface area (Å²) in [5, 5.41) is 6.14. The van der Waals surface area contributed by atoms with Gasteiger partial charge in [0.15, 0.2) is 0 Å². The summed E-state index contributed by atoms with van der Waals surface area (Å²) in [7, 11) is 1.37. The third-order valence-electron chi connectivity index (χ3n) is 7.55. The Morgan fingerprint density at radius 3 is 2.80 bits per heavy atom. The SMILES string of the molecule is COc1c(F)cccc1Nc1c2[nH]c3c1C(=O)NCC3CC(=O)N1CCC(CC1)C(=O)N[I-]Oc1cnccc1-2. The zero-order valence-electron chi connectivity index (χ0n) is 21.6. The van der Waals surface area contributed by atoms with Crippen molar-refractivity contribution in [1.29, 1.82) is 0 Å². The normalized spacial score (nSPS) is 20.9. The molecule has 3 aromatic rings. The minimum absolute atomic E-state index is 0.00638. The number of nitrogens with one attached hydrogen (secondary N) is 4. The second kappa shape index (κ2) is 10.9. The summed E-state index contributed by atoms with van der Waals surface area (Å²) in [6.45, 7) is 1.28. The number of piperidine rings is 1. The Kier molecular flexibility index (Phi) is 7.21. The van der Waals surface area contributed by atoms with Crippen LogP contribution in [-0.4, -0.2) is 59.3 Å². The molecule has 0 spiro atoms. The molecule has 3 amide bonds. The van der Waals surface area contributed by atoms with Crippen LogP contribution in [0.15, 0.2) is 36.7 Å². The molecule has 4 aliphatic rings. The molecule has 2 aromatic heterocycles. The van der Waals surface area contributed by atoms with Crippen LogP contribution in [0.3, 0.4) is 0 Å². The third kappa shape index (κ3) is 4.82. The molecule has 13 heteroatoms. The van der Waals surface area contributed by atoms with E-state index < -0.39 is 27.7 Å². The van der Waals surface area contributed by atoms with Gasteiger partial charge in [-0.3, -0.25) is 0 Å². The van der Waals surface area contributed by atoms with E-state index in [1.54, 1.807) is 35.5 Å². The Hall–Kier alpha value is -3.88. The molecule has 7 rings (SSSR count). The number of halogens is 2. The first-order valence-electron chi connectivity index (χ1n) is 12.9. The number of pyridine rings is 1. The molecule has 1 aromatic carbocycles. The van der Waals surface area contributed by atoms with Gasteiger partial charge in [-0.15, -0.1) is 0 Å². The van der Waals surface area contributed by atoms with Crippen LogP contribution in [0.1, 0.15) is 41.2 Å². The monoisotopic (exact) mass is 661 g/mol. The summed E-state index contributed by atoms with van der Waals surface area (Å²) in [4.78, 5) is 48.9. The zero-order chi connectivity index (χ0) is 27.8. The van der Waals surface area contributed by atoms with E-state index in [0.717, 1.165) is 0 Å². The molecule has 1 saturated heterocycles. The van der Waals surface area contributed by atoms with Gasteiger partial charge in [-0.05, 0) is 0 Å². The second-order valence-electron chi connectivity index (χ2n) is 9.86. The van der Waals surface area contributed by atoms with E-state index in [0.29, 0.717) is 65.6 Å². The summed E-state index contributed by atoms with van der Waals surface area (Å²) >= 11 is -1.23. The summed E-state index contributed by atoms with van der Waals surface area (Å²) in [5.41, 5.74) is 2.75. The molecule has 4 bridgehead atoms. The number of nitrogens with zero attached hydrogens (tertiary/aromatic N) is 2. The van der Waals surface area contributed by atoms with Gasteiger partial charge in [0, 0.05) is 0 Å². The van der Waals surface area contributed by atoms with Crippen molar-refractivity contribution in [1.82, 2.24) is 23.7 Å². The summed E-state index contributed by atoms with van der Waals surface area (Å²) < 4.78 is 28.9. The summed E-state index contributed by atoms with van der Waals surface area (Å²) in [6, 6.07) is 6.21.